The van der Waals surface area contributed by atoms with E-state index in [1.807, 2.05) is 60.7 Å². The van der Waals surface area contributed by atoms with Gasteiger partial charge in [-0.1, -0.05) is 60.7 Å². The van der Waals surface area contributed by atoms with Crippen molar-refractivity contribution in [2.24, 2.45) is 0 Å². The number of hydrogen-bond acceptors (Lipinski definition) is 4. The second kappa shape index (κ2) is 9.09. The number of ether oxygens (including phenoxy) is 1. The largest absolute Gasteiger partial charge is 0.370 e. The summed E-state index contributed by atoms with van der Waals surface area (Å²) in [5, 5.41) is 2.66. The molecule has 2 saturated heterocycles. The average Bonchev–Trinajstić information content (AvgIpc) is 3.06. The number of nitrogens with one attached hydrogen (secondary N) is 1. The van der Waals surface area contributed by atoms with Gasteiger partial charge in [0, 0.05) is 13.1 Å². The lowest BCUT2D eigenvalue weighted by Crippen LogP contribution is -2.45. The van der Waals surface area contributed by atoms with Gasteiger partial charge in [0.05, 0.1) is 19.6 Å². The van der Waals surface area contributed by atoms with Gasteiger partial charge in [0.2, 0.25) is 5.91 Å². The minimum Gasteiger partial charge on any atom is -0.370 e. The molecule has 7 nitrogen and oxygen atoms in total. The van der Waals surface area contributed by atoms with E-state index < -0.39 is 12.1 Å². The molecule has 2 atom stereocenters. The third-order valence-electron chi connectivity index (χ3n) is 5.54. The van der Waals surface area contributed by atoms with E-state index in [4.69, 9.17) is 4.74 Å². The summed E-state index contributed by atoms with van der Waals surface area (Å²) in [6.45, 7) is 1.66. The molecule has 2 aromatic carbocycles. The molecule has 156 valence electrons. The highest BCUT2D eigenvalue weighted by atomic mass is 16.5. The Hall–Kier alpha value is -3.19. The number of benzene rings is 2. The van der Waals surface area contributed by atoms with Gasteiger partial charge in [-0.2, -0.15) is 0 Å². The average molecular weight is 407 g/mol. The quantitative estimate of drug-likeness (QED) is 0.744. The maximum Gasteiger partial charge on any atom is 0.324 e. The van der Waals surface area contributed by atoms with E-state index in [9.17, 15) is 14.4 Å². The van der Waals surface area contributed by atoms with Crippen LogP contribution < -0.4 is 5.32 Å². The normalized spacial score (nSPS) is 21.6. The predicted octanol–water partition coefficient (Wildman–Crippen LogP) is 2.14. The van der Waals surface area contributed by atoms with Crippen molar-refractivity contribution in [2.75, 3.05) is 26.2 Å². The van der Waals surface area contributed by atoms with Crippen molar-refractivity contribution in [3.63, 3.8) is 0 Å². The summed E-state index contributed by atoms with van der Waals surface area (Å²) in [5.41, 5.74) is 2.07. The van der Waals surface area contributed by atoms with Gasteiger partial charge >= 0.3 is 6.03 Å². The van der Waals surface area contributed by atoms with E-state index >= 15 is 0 Å². The van der Waals surface area contributed by atoms with Crippen LogP contribution in [0.2, 0.25) is 0 Å². The molecule has 0 aliphatic carbocycles. The summed E-state index contributed by atoms with van der Waals surface area (Å²) < 4.78 is 5.80. The first-order chi connectivity index (χ1) is 14.6. The third-order valence-corrected chi connectivity index (χ3v) is 5.54. The number of amides is 4. The van der Waals surface area contributed by atoms with Gasteiger partial charge in [-0.15, -0.1) is 0 Å². The van der Waals surface area contributed by atoms with Crippen LogP contribution in [0.25, 0.3) is 0 Å². The molecule has 2 aromatic rings. The standard InChI is InChI=1S/C23H25N3O4/c27-21(25-13-14-30-20(16-25)18-9-5-2-6-10-18)15-19-22(28)26(23(29)24-19)12-11-17-7-3-1-4-8-17/h1-10,19-20H,11-16H2,(H,24,29)/t19-,20-/m1/s1. The van der Waals surface area contributed by atoms with E-state index in [0.717, 1.165) is 11.1 Å². The predicted molar refractivity (Wildman–Crippen MR) is 111 cm³/mol. The van der Waals surface area contributed by atoms with Gasteiger partial charge in [-0.25, -0.2) is 4.79 Å². The van der Waals surface area contributed by atoms with Crippen LogP contribution in [-0.2, 0) is 20.7 Å². The van der Waals surface area contributed by atoms with Crippen molar-refractivity contribution in [3.05, 3.63) is 71.8 Å². The molecule has 30 heavy (non-hydrogen) atoms. The molecule has 1 N–H and O–H groups in total. The van der Waals surface area contributed by atoms with Crippen molar-refractivity contribution < 1.29 is 19.1 Å². The molecule has 2 aliphatic heterocycles. The highest BCUT2D eigenvalue weighted by Crippen LogP contribution is 2.23. The first-order valence-electron chi connectivity index (χ1n) is 10.2. The van der Waals surface area contributed by atoms with Gasteiger partial charge in [-0.3, -0.25) is 14.5 Å². The van der Waals surface area contributed by atoms with E-state index in [1.165, 1.54) is 4.90 Å². The Morgan fingerprint density at radius 3 is 2.47 bits per heavy atom. The van der Waals surface area contributed by atoms with Crippen LogP contribution in [0.4, 0.5) is 4.79 Å². The minimum atomic E-state index is -0.807. The molecule has 0 aromatic heterocycles. The molecule has 2 aliphatic rings. The Kier molecular flexibility index (Phi) is 6.09. The summed E-state index contributed by atoms with van der Waals surface area (Å²) in [4.78, 5) is 40.7. The molecule has 2 heterocycles. The second-order valence-electron chi connectivity index (χ2n) is 7.54. The molecule has 0 unspecified atom stereocenters. The fourth-order valence-electron chi connectivity index (χ4n) is 3.86. The number of hydrogen-bond donors (Lipinski definition) is 1. The Bertz CT molecular complexity index is 903. The lowest BCUT2D eigenvalue weighted by atomic mass is 10.1. The number of carbonyl (C=O) groups excluding carboxylic acids is 3. The number of rotatable bonds is 6. The van der Waals surface area contributed by atoms with Crippen LogP contribution >= 0.6 is 0 Å². The molecular weight excluding hydrogens is 382 g/mol. The summed E-state index contributed by atoms with van der Waals surface area (Å²) in [6, 6.07) is 18.2. The van der Waals surface area contributed by atoms with E-state index in [0.29, 0.717) is 32.7 Å². The van der Waals surface area contributed by atoms with Crippen molar-refractivity contribution in [3.8, 4) is 0 Å². The van der Waals surface area contributed by atoms with Gasteiger partial charge in [0.25, 0.3) is 5.91 Å². The van der Waals surface area contributed by atoms with Gasteiger partial charge in [0.15, 0.2) is 0 Å². The first kappa shape index (κ1) is 20.1. The molecule has 0 radical (unpaired) electrons. The highest BCUT2D eigenvalue weighted by Gasteiger charge is 2.40. The van der Waals surface area contributed by atoms with Crippen LogP contribution in [0, 0.1) is 0 Å². The molecule has 4 rings (SSSR count). The molecule has 7 heteroatoms. The summed E-state index contributed by atoms with van der Waals surface area (Å²) in [7, 11) is 0. The molecule has 2 fully saturated rings. The monoisotopic (exact) mass is 407 g/mol. The topological polar surface area (TPSA) is 79.0 Å². The highest BCUT2D eigenvalue weighted by molar-refractivity contribution is 6.05. The minimum absolute atomic E-state index is 0.0338. The van der Waals surface area contributed by atoms with Crippen LogP contribution in [0.1, 0.15) is 23.7 Å². The Morgan fingerprint density at radius 1 is 1.03 bits per heavy atom. The van der Waals surface area contributed by atoms with Crippen LogP contribution in [0.15, 0.2) is 60.7 Å². The Labute approximate surface area is 175 Å². The molecule has 0 spiro atoms. The van der Waals surface area contributed by atoms with Crippen molar-refractivity contribution in [1.29, 1.82) is 0 Å². The third kappa shape index (κ3) is 4.52. The Balaban J connectivity index is 1.33. The second-order valence-corrected chi connectivity index (χ2v) is 7.54. The van der Waals surface area contributed by atoms with Crippen molar-refractivity contribution in [2.45, 2.75) is 25.0 Å². The summed E-state index contributed by atoms with van der Waals surface area (Å²) >= 11 is 0. The van der Waals surface area contributed by atoms with Gasteiger partial charge in [0.1, 0.15) is 12.1 Å². The molecule has 0 bridgehead atoms. The van der Waals surface area contributed by atoms with Crippen LogP contribution in [0.3, 0.4) is 0 Å². The van der Waals surface area contributed by atoms with E-state index in [2.05, 4.69) is 5.32 Å². The maximum atomic E-state index is 12.8. The summed E-state index contributed by atoms with van der Waals surface area (Å²) in [5.74, 6) is -0.486. The van der Waals surface area contributed by atoms with Gasteiger partial charge in [-0.05, 0) is 17.5 Å². The molecular formula is C23H25N3O4. The van der Waals surface area contributed by atoms with Crippen LogP contribution in [0.5, 0.6) is 0 Å². The number of imide groups is 1. The van der Waals surface area contributed by atoms with Crippen LogP contribution in [-0.4, -0.2) is 59.9 Å². The fourth-order valence-corrected chi connectivity index (χ4v) is 3.86. The zero-order valence-electron chi connectivity index (χ0n) is 16.7. The molecule has 0 saturated carbocycles. The SMILES string of the molecule is O=C(C[C@H]1NC(=O)N(CCc2ccccc2)C1=O)N1CCO[C@@H](c2ccccc2)C1. The number of morpholine rings is 1. The Morgan fingerprint density at radius 2 is 1.73 bits per heavy atom. The number of nitrogens with zero attached hydrogens (tertiary/aromatic N) is 2. The lowest BCUT2D eigenvalue weighted by molar-refractivity contribution is -0.141. The molecule has 4 amide bonds. The maximum absolute atomic E-state index is 12.8. The van der Waals surface area contributed by atoms with E-state index in [-0.39, 0.29) is 24.3 Å². The fraction of sp³-hybridized carbons (Fsp3) is 0.348. The van der Waals surface area contributed by atoms with Crippen molar-refractivity contribution >= 4 is 17.8 Å². The number of urea groups is 1. The van der Waals surface area contributed by atoms with E-state index in [1.54, 1.807) is 4.90 Å². The lowest BCUT2D eigenvalue weighted by Gasteiger charge is -2.33. The number of carbonyl (C=O) groups is 3. The first-order valence-corrected chi connectivity index (χ1v) is 10.2. The van der Waals surface area contributed by atoms with Gasteiger partial charge < -0.3 is 15.0 Å². The van der Waals surface area contributed by atoms with Crippen molar-refractivity contribution in [1.82, 2.24) is 15.1 Å². The smallest absolute Gasteiger partial charge is 0.324 e. The zero-order chi connectivity index (χ0) is 20.9. The zero-order valence-corrected chi connectivity index (χ0v) is 16.7. The summed E-state index contributed by atoms with van der Waals surface area (Å²) in [6.07, 6.45) is 0.372.